The number of piperidine rings is 1. The average Bonchev–Trinajstić information content (AvgIpc) is 2.50. The van der Waals surface area contributed by atoms with Crippen LogP contribution in [0.4, 0.5) is 0 Å². The molecule has 1 aromatic rings. The number of rotatable bonds is 6. The van der Waals surface area contributed by atoms with Crippen LogP contribution in [-0.2, 0) is 0 Å². The SMILES string of the molecule is CCCCOc1ccc(C(=O)NC2CC[NH+](C)CC2)cc1. The molecule has 1 fully saturated rings. The zero-order valence-electron chi connectivity index (χ0n) is 13.2. The fourth-order valence-electron chi connectivity index (χ4n) is 2.56. The molecule has 116 valence electrons. The van der Waals surface area contributed by atoms with Crippen LogP contribution in [0, 0.1) is 0 Å². The van der Waals surface area contributed by atoms with Gasteiger partial charge < -0.3 is 15.0 Å². The first-order valence-electron chi connectivity index (χ1n) is 8.04. The normalized spacial score (nSPS) is 21.8. The predicted molar refractivity (Wildman–Crippen MR) is 84.0 cm³/mol. The third-order valence-corrected chi connectivity index (χ3v) is 4.06. The van der Waals surface area contributed by atoms with Gasteiger partial charge >= 0.3 is 0 Å². The third kappa shape index (κ3) is 5.05. The van der Waals surface area contributed by atoms with Gasteiger partial charge in [-0.3, -0.25) is 4.79 Å². The van der Waals surface area contributed by atoms with E-state index in [1.54, 1.807) is 4.90 Å². The molecule has 1 heterocycles. The zero-order chi connectivity index (χ0) is 15.1. The lowest BCUT2D eigenvalue weighted by atomic mass is 10.0. The molecule has 2 N–H and O–H groups in total. The number of unbranched alkanes of at least 4 members (excludes halogenated alkanes) is 1. The van der Waals surface area contributed by atoms with E-state index in [2.05, 4.69) is 19.3 Å². The Morgan fingerprint density at radius 1 is 1.29 bits per heavy atom. The second kappa shape index (κ2) is 8.03. The standard InChI is InChI=1S/C17H26N2O2/c1-3-4-13-21-16-7-5-14(6-8-16)17(20)18-15-9-11-19(2)12-10-15/h5-8,15H,3-4,9-13H2,1-2H3,(H,18,20)/p+1. The topological polar surface area (TPSA) is 42.8 Å². The number of nitrogens with one attached hydrogen (secondary N) is 2. The molecule has 0 bridgehead atoms. The summed E-state index contributed by atoms with van der Waals surface area (Å²) in [6.45, 7) is 5.14. The Labute approximate surface area is 127 Å². The van der Waals surface area contributed by atoms with Gasteiger partial charge in [-0.1, -0.05) is 13.3 Å². The molecule has 0 unspecified atom stereocenters. The maximum atomic E-state index is 12.2. The van der Waals surface area contributed by atoms with Crippen LogP contribution in [0.2, 0.25) is 0 Å². The van der Waals surface area contributed by atoms with E-state index < -0.39 is 0 Å². The van der Waals surface area contributed by atoms with E-state index in [4.69, 9.17) is 4.74 Å². The highest BCUT2D eigenvalue weighted by atomic mass is 16.5. The molecule has 4 nitrogen and oxygen atoms in total. The lowest BCUT2D eigenvalue weighted by molar-refractivity contribution is -0.884. The van der Waals surface area contributed by atoms with Crippen LogP contribution in [0.1, 0.15) is 43.0 Å². The fraction of sp³-hybridized carbons (Fsp3) is 0.588. The number of carbonyl (C=O) groups excluding carboxylic acids is 1. The Bertz CT molecular complexity index is 437. The second-order valence-electron chi connectivity index (χ2n) is 5.93. The molecular formula is C17H27N2O2+. The number of ether oxygens (including phenoxy) is 1. The Morgan fingerprint density at radius 2 is 1.95 bits per heavy atom. The molecule has 4 heteroatoms. The van der Waals surface area contributed by atoms with Crippen molar-refractivity contribution in [3.63, 3.8) is 0 Å². The van der Waals surface area contributed by atoms with Crippen molar-refractivity contribution in [2.75, 3.05) is 26.7 Å². The summed E-state index contributed by atoms with van der Waals surface area (Å²) in [5.74, 6) is 0.863. The first kappa shape index (κ1) is 15.8. The first-order chi connectivity index (χ1) is 10.2. The van der Waals surface area contributed by atoms with Gasteiger partial charge in [0.1, 0.15) is 5.75 Å². The van der Waals surface area contributed by atoms with Crippen molar-refractivity contribution in [3.05, 3.63) is 29.8 Å². The van der Waals surface area contributed by atoms with Crippen molar-refractivity contribution in [3.8, 4) is 5.75 Å². The molecule has 0 aromatic heterocycles. The van der Waals surface area contributed by atoms with Crippen molar-refractivity contribution < 1.29 is 14.4 Å². The molecule has 1 aromatic carbocycles. The van der Waals surface area contributed by atoms with Crippen molar-refractivity contribution in [1.29, 1.82) is 0 Å². The summed E-state index contributed by atoms with van der Waals surface area (Å²) in [7, 11) is 2.20. The molecular weight excluding hydrogens is 264 g/mol. The van der Waals surface area contributed by atoms with E-state index in [1.165, 1.54) is 0 Å². The van der Waals surface area contributed by atoms with Gasteiger partial charge in [0.2, 0.25) is 0 Å². The minimum absolute atomic E-state index is 0.0275. The van der Waals surface area contributed by atoms with Gasteiger partial charge in [-0.25, -0.2) is 0 Å². The van der Waals surface area contributed by atoms with E-state index in [1.807, 2.05) is 24.3 Å². The van der Waals surface area contributed by atoms with Crippen LogP contribution in [0.3, 0.4) is 0 Å². The lowest BCUT2D eigenvalue weighted by Crippen LogP contribution is -3.10. The maximum Gasteiger partial charge on any atom is 0.251 e. The Kier molecular flexibility index (Phi) is 6.05. The third-order valence-electron chi connectivity index (χ3n) is 4.06. The van der Waals surface area contributed by atoms with Crippen LogP contribution >= 0.6 is 0 Å². The number of amides is 1. The second-order valence-corrected chi connectivity index (χ2v) is 5.93. The molecule has 0 atom stereocenters. The quantitative estimate of drug-likeness (QED) is 0.775. The van der Waals surface area contributed by atoms with Crippen molar-refractivity contribution >= 4 is 5.91 Å². The summed E-state index contributed by atoms with van der Waals surface area (Å²) < 4.78 is 5.61. The smallest absolute Gasteiger partial charge is 0.251 e. The van der Waals surface area contributed by atoms with Gasteiger partial charge in [0.15, 0.2) is 0 Å². The monoisotopic (exact) mass is 291 g/mol. The zero-order valence-corrected chi connectivity index (χ0v) is 13.2. The van der Waals surface area contributed by atoms with Gasteiger partial charge in [0.25, 0.3) is 5.91 Å². The highest BCUT2D eigenvalue weighted by molar-refractivity contribution is 5.94. The number of likely N-dealkylation sites (tertiary alicyclic amines) is 1. The van der Waals surface area contributed by atoms with E-state index in [9.17, 15) is 4.79 Å². The van der Waals surface area contributed by atoms with Gasteiger partial charge in [0, 0.05) is 24.4 Å². The Balaban J connectivity index is 1.82. The molecule has 0 aliphatic carbocycles. The fourth-order valence-corrected chi connectivity index (χ4v) is 2.56. The molecule has 21 heavy (non-hydrogen) atoms. The van der Waals surface area contributed by atoms with Crippen molar-refractivity contribution in [1.82, 2.24) is 5.32 Å². The first-order valence-corrected chi connectivity index (χ1v) is 8.04. The summed E-state index contributed by atoms with van der Waals surface area (Å²) in [5, 5.41) is 3.13. The summed E-state index contributed by atoms with van der Waals surface area (Å²) in [5.41, 5.74) is 0.712. The highest BCUT2D eigenvalue weighted by Gasteiger charge is 2.21. The van der Waals surface area contributed by atoms with Gasteiger partial charge in [0.05, 0.1) is 26.7 Å². The van der Waals surface area contributed by atoms with Crippen LogP contribution in [0.5, 0.6) is 5.75 Å². The summed E-state index contributed by atoms with van der Waals surface area (Å²) in [6.07, 6.45) is 4.31. The van der Waals surface area contributed by atoms with Gasteiger partial charge in [-0.15, -0.1) is 0 Å². The highest BCUT2D eigenvalue weighted by Crippen LogP contribution is 2.13. The van der Waals surface area contributed by atoms with E-state index in [0.29, 0.717) is 11.6 Å². The summed E-state index contributed by atoms with van der Waals surface area (Å²) >= 11 is 0. The number of benzene rings is 1. The number of hydrogen-bond donors (Lipinski definition) is 2. The molecule has 0 spiro atoms. The van der Waals surface area contributed by atoms with Crippen LogP contribution in [0.15, 0.2) is 24.3 Å². The largest absolute Gasteiger partial charge is 0.494 e. The van der Waals surface area contributed by atoms with E-state index >= 15 is 0 Å². The van der Waals surface area contributed by atoms with Crippen LogP contribution < -0.4 is 15.0 Å². The maximum absolute atomic E-state index is 12.2. The molecule has 1 saturated heterocycles. The molecule has 0 radical (unpaired) electrons. The minimum atomic E-state index is 0.0275. The molecule has 0 saturated carbocycles. The Morgan fingerprint density at radius 3 is 2.57 bits per heavy atom. The summed E-state index contributed by atoms with van der Waals surface area (Å²) in [4.78, 5) is 13.8. The Hall–Kier alpha value is -1.55. The van der Waals surface area contributed by atoms with Gasteiger partial charge in [-0.2, -0.15) is 0 Å². The number of hydrogen-bond acceptors (Lipinski definition) is 2. The van der Waals surface area contributed by atoms with Crippen LogP contribution in [0.25, 0.3) is 0 Å². The average molecular weight is 291 g/mol. The lowest BCUT2D eigenvalue weighted by Gasteiger charge is -2.27. The van der Waals surface area contributed by atoms with E-state index in [0.717, 1.165) is 51.1 Å². The predicted octanol–water partition coefficient (Wildman–Crippen LogP) is 1.27. The van der Waals surface area contributed by atoms with Gasteiger partial charge in [-0.05, 0) is 30.7 Å². The van der Waals surface area contributed by atoms with Crippen molar-refractivity contribution in [2.45, 2.75) is 38.6 Å². The van der Waals surface area contributed by atoms with E-state index in [-0.39, 0.29) is 5.91 Å². The molecule has 2 rings (SSSR count). The molecule has 1 aliphatic heterocycles. The molecule has 1 amide bonds. The van der Waals surface area contributed by atoms with Crippen molar-refractivity contribution in [2.24, 2.45) is 0 Å². The van der Waals surface area contributed by atoms with Crippen LogP contribution in [-0.4, -0.2) is 38.7 Å². The molecule has 1 aliphatic rings. The summed E-state index contributed by atoms with van der Waals surface area (Å²) in [6, 6.07) is 7.77. The number of carbonyl (C=O) groups is 1. The number of quaternary nitrogens is 1. The minimum Gasteiger partial charge on any atom is -0.494 e.